The first kappa shape index (κ1) is 13.3. The highest BCUT2D eigenvalue weighted by Crippen LogP contribution is 2.23. The molecule has 0 unspecified atom stereocenters. The monoisotopic (exact) mass is 346 g/mol. The van der Waals surface area contributed by atoms with E-state index in [-0.39, 0.29) is 0 Å². The lowest BCUT2D eigenvalue weighted by Crippen LogP contribution is -2.17. The van der Waals surface area contributed by atoms with Crippen molar-refractivity contribution in [1.82, 2.24) is 0 Å². The van der Waals surface area contributed by atoms with E-state index < -0.39 is 0 Å². The first-order valence-corrected chi connectivity index (χ1v) is 7.74. The largest absolute Gasteiger partial charge is 0.374 e. The van der Waals surface area contributed by atoms with Crippen LogP contribution in [0.3, 0.4) is 0 Å². The van der Waals surface area contributed by atoms with Gasteiger partial charge in [-0.3, -0.25) is 0 Å². The van der Waals surface area contributed by atoms with E-state index in [1.165, 1.54) is 22.8 Å². The quantitative estimate of drug-likeness (QED) is 0.579. The van der Waals surface area contributed by atoms with Gasteiger partial charge in [0.25, 0.3) is 0 Å². The van der Waals surface area contributed by atoms with Gasteiger partial charge in [0, 0.05) is 4.43 Å². The molecule has 3 heteroatoms. The number of halogens is 1. The fourth-order valence-electron chi connectivity index (χ4n) is 2.12. The van der Waals surface area contributed by atoms with E-state index in [0.29, 0.717) is 18.8 Å². The minimum Gasteiger partial charge on any atom is -0.374 e. The van der Waals surface area contributed by atoms with E-state index in [4.69, 9.17) is 9.47 Å². The molecule has 0 aromatic heterocycles. The fourth-order valence-corrected chi connectivity index (χ4v) is 2.81. The van der Waals surface area contributed by atoms with Crippen molar-refractivity contribution in [3.05, 3.63) is 35.9 Å². The maximum absolute atomic E-state index is 5.91. The molecule has 0 saturated carbocycles. The van der Waals surface area contributed by atoms with Gasteiger partial charge in [-0.2, -0.15) is 0 Å². The molecule has 1 saturated heterocycles. The number of alkyl halides is 1. The minimum absolute atomic E-state index is 0.312. The van der Waals surface area contributed by atoms with Crippen LogP contribution in [-0.4, -0.2) is 23.2 Å². The molecule has 2 atom stereocenters. The van der Waals surface area contributed by atoms with Crippen LogP contribution in [0.25, 0.3) is 0 Å². The van der Waals surface area contributed by atoms with Crippen molar-refractivity contribution in [2.45, 2.75) is 38.1 Å². The van der Waals surface area contributed by atoms with Crippen LogP contribution in [-0.2, 0) is 16.1 Å². The van der Waals surface area contributed by atoms with Gasteiger partial charge in [0.15, 0.2) is 0 Å². The Morgan fingerprint density at radius 3 is 2.71 bits per heavy atom. The summed E-state index contributed by atoms with van der Waals surface area (Å²) in [6.45, 7) is 1.42. The molecule has 1 aliphatic rings. The van der Waals surface area contributed by atoms with Gasteiger partial charge < -0.3 is 9.47 Å². The van der Waals surface area contributed by atoms with Crippen molar-refractivity contribution in [2.75, 3.05) is 11.0 Å². The Morgan fingerprint density at radius 2 is 1.94 bits per heavy atom. The van der Waals surface area contributed by atoms with Crippen LogP contribution >= 0.6 is 22.6 Å². The lowest BCUT2D eigenvalue weighted by atomic mass is 10.2. The molecule has 17 heavy (non-hydrogen) atoms. The van der Waals surface area contributed by atoms with Crippen LogP contribution in [0.2, 0.25) is 0 Å². The molecule has 2 rings (SSSR count). The molecule has 1 heterocycles. The van der Waals surface area contributed by atoms with E-state index >= 15 is 0 Å². The first-order valence-electron chi connectivity index (χ1n) is 6.21. The van der Waals surface area contributed by atoms with Crippen LogP contribution in [0.5, 0.6) is 0 Å². The SMILES string of the molecule is ICC[C@@H]1CC[C@H](COCc2ccccc2)O1. The number of hydrogen-bond donors (Lipinski definition) is 0. The second kappa shape index (κ2) is 7.34. The van der Waals surface area contributed by atoms with Gasteiger partial charge >= 0.3 is 0 Å². The van der Waals surface area contributed by atoms with Crippen molar-refractivity contribution in [3.8, 4) is 0 Å². The van der Waals surface area contributed by atoms with E-state index in [0.717, 1.165) is 13.0 Å². The van der Waals surface area contributed by atoms with Crippen LogP contribution in [0.4, 0.5) is 0 Å². The van der Waals surface area contributed by atoms with E-state index in [2.05, 4.69) is 34.7 Å². The van der Waals surface area contributed by atoms with Gasteiger partial charge in [0.1, 0.15) is 0 Å². The smallest absolute Gasteiger partial charge is 0.0813 e. The van der Waals surface area contributed by atoms with Gasteiger partial charge in [-0.25, -0.2) is 0 Å². The number of hydrogen-bond acceptors (Lipinski definition) is 2. The average Bonchev–Trinajstić information content (AvgIpc) is 2.79. The summed E-state index contributed by atoms with van der Waals surface area (Å²) in [6, 6.07) is 10.3. The number of benzene rings is 1. The molecule has 1 aromatic carbocycles. The van der Waals surface area contributed by atoms with Crippen LogP contribution < -0.4 is 0 Å². The molecule has 2 nitrogen and oxygen atoms in total. The third-order valence-corrected chi connectivity index (χ3v) is 3.66. The molecule has 1 fully saturated rings. The van der Waals surface area contributed by atoms with Crippen molar-refractivity contribution in [3.63, 3.8) is 0 Å². The average molecular weight is 346 g/mol. The van der Waals surface area contributed by atoms with E-state index in [9.17, 15) is 0 Å². The molecule has 0 N–H and O–H groups in total. The van der Waals surface area contributed by atoms with Crippen LogP contribution in [0.1, 0.15) is 24.8 Å². The van der Waals surface area contributed by atoms with Crippen molar-refractivity contribution in [2.24, 2.45) is 0 Å². The molecule has 1 aromatic rings. The molecule has 0 bridgehead atoms. The molecule has 0 radical (unpaired) electrons. The zero-order valence-corrected chi connectivity index (χ0v) is 12.1. The number of ether oxygens (including phenoxy) is 2. The van der Waals surface area contributed by atoms with Gasteiger partial charge in [0.05, 0.1) is 25.4 Å². The van der Waals surface area contributed by atoms with Crippen LogP contribution in [0, 0.1) is 0 Å². The molecule has 0 aliphatic carbocycles. The van der Waals surface area contributed by atoms with Gasteiger partial charge in [0.2, 0.25) is 0 Å². The molecular weight excluding hydrogens is 327 g/mol. The second-order valence-corrected chi connectivity index (χ2v) is 5.51. The Balaban J connectivity index is 1.63. The van der Waals surface area contributed by atoms with E-state index in [1.807, 2.05) is 18.2 Å². The van der Waals surface area contributed by atoms with Gasteiger partial charge in [-0.1, -0.05) is 52.9 Å². The highest BCUT2D eigenvalue weighted by Gasteiger charge is 2.24. The molecule has 1 aliphatic heterocycles. The van der Waals surface area contributed by atoms with Crippen LogP contribution in [0.15, 0.2) is 30.3 Å². The molecule has 94 valence electrons. The normalized spacial score (nSPS) is 24.1. The zero-order valence-electron chi connectivity index (χ0n) is 9.98. The highest BCUT2D eigenvalue weighted by atomic mass is 127. The Morgan fingerprint density at radius 1 is 1.18 bits per heavy atom. The van der Waals surface area contributed by atoms with E-state index in [1.54, 1.807) is 0 Å². The van der Waals surface area contributed by atoms with Crippen molar-refractivity contribution < 1.29 is 9.47 Å². The second-order valence-electron chi connectivity index (χ2n) is 4.44. The van der Waals surface area contributed by atoms with Gasteiger partial charge in [-0.15, -0.1) is 0 Å². The predicted octanol–water partition coefficient (Wildman–Crippen LogP) is 3.58. The maximum Gasteiger partial charge on any atom is 0.0813 e. The lowest BCUT2D eigenvalue weighted by Gasteiger charge is -2.13. The summed E-state index contributed by atoms with van der Waals surface area (Å²) in [5.74, 6) is 0. The summed E-state index contributed by atoms with van der Waals surface area (Å²) in [5.41, 5.74) is 1.23. The Labute approximate surface area is 117 Å². The predicted molar refractivity (Wildman–Crippen MR) is 77.5 cm³/mol. The Kier molecular flexibility index (Phi) is 5.74. The zero-order chi connectivity index (χ0) is 11.9. The molecule has 0 spiro atoms. The molecule has 0 amide bonds. The lowest BCUT2D eigenvalue weighted by molar-refractivity contribution is -0.0198. The third-order valence-electron chi connectivity index (χ3n) is 3.04. The van der Waals surface area contributed by atoms with Crippen molar-refractivity contribution in [1.29, 1.82) is 0 Å². The molecular formula is C14H19IO2. The highest BCUT2D eigenvalue weighted by molar-refractivity contribution is 14.1. The minimum atomic E-state index is 0.312. The third kappa shape index (κ3) is 4.56. The summed E-state index contributed by atoms with van der Waals surface area (Å²) in [6.07, 6.45) is 4.30. The standard InChI is InChI=1S/C14H19IO2/c15-9-8-13-6-7-14(17-13)11-16-10-12-4-2-1-3-5-12/h1-5,13-14H,6-11H2/t13-,14+/m0/s1. The van der Waals surface area contributed by atoms with Crippen molar-refractivity contribution >= 4 is 22.6 Å². The first-order chi connectivity index (χ1) is 8.38. The van der Waals surface area contributed by atoms with Gasteiger partial charge in [-0.05, 0) is 24.8 Å². The summed E-state index contributed by atoms with van der Waals surface area (Å²) < 4.78 is 12.8. The summed E-state index contributed by atoms with van der Waals surface area (Å²) in [4.78, 5) is 0. The summed E-state index contributed by atoms with van der Waals surface area (Å²) in [5, 5.41) is 0. The summed E-state index contributed by atoms with van der Waals surface area (Å²) >= 11 is 2.41. The Bertz CT molecular complexity index is 315. The fraction of sp³-hybridized carbons (Fsp3) is 0.571. The number of rotatable bonds is 6. The topological polar surface area (TPSA) is 18.5 Å². The summed E-state index contributed by atoms with van der Waals surface area (Å²) in [7, 11) is 0. The maximum atomic E-state index is 5.91. The Hall–Kier alpha value is -0.130.